The third-order valence-corrected chi connectivity index (χ3v) is 4.34. The van der Waals surface area contributed by atoms with Crippen LogP contribution in [0.2, 0.25) is 0 Å². The zero-order valence-corrected chi connectivity index (χ0v) is 12.5. The van der Waals surface area contributed by atoms with Gasteiger partial charge < -0.3 is 15.2 Å². The van der Waals surface area contributed by atoms with Crippen molar-refractivity contribution in [3.05, 3.63) is 59.2 Å². The molecule has 0 aromatic heterocycles. The lowest BCUT2D eigenvalue weighted by atomic mass is 9.74. The minimum absolute atomic E-state index is 0.0478. The number of hydrogen-bond donors (Lipinski definition) is 1. The van der Waals surface area contributed by atoms with Gasteiger partial charge in [0, 0.05) is 11.6 Å². The lowest BCUT2D eigenvalue weighted by molar-refractivity contribution is 0.390. The summed E-state index contributed by atoms with van der Waals surface area (Å²) in [4.78, 5) is 0. The average Bonchev–Trinajstić information content (AvgIpc) is 2.51. The van der Waals surface area contributed by atoms with Gasteiger partial charge in [-0.05, 0) is 48.1 Å². The number of ether oxygens (including phenoxy) is 2. The molecule has 0 fully saturated rings. The summed E-state index contributed by atoms with van der Waals surface area (Å²) in [6.45, 7) is 0. The second-order valence-electron chi connectivity index (χ2n) is 5.55. The molecule has 0 heterocycles. The average molecular weight is 283 g/mol. The van der Waals surface area contributed by atoms with Crippen LogP contribution in [0, 0.1) is 0 Å². The van der Waals surface area contributed by atoms with Crippen molar-refractivity contribution < 1.29 is 9.47 Å². The molecule has 3 nitrogen and oxygen atoms in total. The Morgan fingerprint density at radius 2 is 1.95 bits per heavy atom. The Labute approximate surface area is 125 Å². The zero-order valence-electron chi connectivity index (χ0n) is 12.5. The summed E-state index contributed by atoms with van der Waals surface area (Å²) < 4.78 is 10.7. The first kappa shape index (κ1) is 14.0. The normalized spacial score (nSPS) is 17.6. The van der Waals surface area contributed by atoms with Crippen LogP contribution in [-0.4, -0.2) is 14.2 Å². The Bertz CT molecular complexity index is 639. The van der Waals surface area contributed by atoms with Crippen molar-refractivity contribution in [2.24, 2.45) is 5.73 Å². The molecule has 110 valence electrons. The van der Waals surface area contributed by atoms with Crippen molar-refractivity contribution >= 4 is 0 Å². The molecule has 3 rings (SSSR count). The van der Waals surface area contributed by atoms with Crippen LogP contribution in [0.3, 0.4) is 0 Å². The van der Waals surface area contributed by atoms with Crippen molar-refractivity contribution in [1.82, 2.24) is 0 Å². The molecule has 0 bridgehead atoms. The predicted molar refractivity (Wildman–Crippen MR) is 84.0 cm³/mol. The van der Waals surface area contributed by atoms with Gasteiger partial charge in [-0.15, -0.1) is 0 Å². The largest absolute Gasteiger partial charge is 0.497 e. The lowest BCUT2D eigenvalue weighted by Crippen LogP contribution is -2.23. The van der Waals surface area contributed by atoms with Crippen molar-refractivity contribution in [3.8, 4) is 11.5 Å². The van der Waals surface area contributed by atoms with E-state index in [0.717, 1.165) is 29.9 Å². The van der Waals surface area contributed by atoms with Gasteiger partial charge in [0.1, 0.15) is 11.5 Å². The first-order chi connectivity index (χ1) is 10.2. The molecule has 2 aromatic rings. The molecule has 0 radical (unpaired) electrons. The molecule has 3 heteroatoms. The van der Waals surface area contributed by atoms with Crippen LogP contribution < -0.4 is 15.2 Å². The molecule has 2 atom stereocenters. The molecular weight excluding hydrogens is 262 g/mol. The van der Waals surface area contributed by atoms with Crippen LogP contribution in [0.25, 0.3) is 0 Å². The van der Waals surface area contributed by atoms with Crippen molar-refractivity contribution in [3.63, 3.8) is 0 Å². The highest BCUT2D eigenvalue weighted by atomic mass is 16.5. The summed E-state index contributed by atoms with van der Waals surface area (Å²) in [5.74, 6) is 2.19. The fourth-order valence-corrected chi connectivity index (χ4v) is 3.14. The molecule has 2 unspecified atom stereocenters. The number of nitrogens with two attached hydrogens (primary N) is 1. The highest BCUT2D eigenvalue weighted by Gasteiger charge is 2.28. The molecule has 1 aliphatic rings. The molecule has 2 N–H and O–H groups in total. The van der Waals surface area contributed by atoms with E-state index in [-0.39, 0.29) is 6.04 Å². The fraction of sp³-hybridized carbons (Fsp3) is 0.333. The van der Waals surface area contributed by atoms with Crippen molar-refractivity contribution in [1.29, 1.82) is 0 Å². The summed E-state index contributed by atoms with van der Waals surface area (Å²) in [5.41, 5.74) is 10.3. The maximum atomic E-state index is 6.43. The number of hydrogen-bond acceptors (Lipinski definition) is 3. The number of methoxy groups -OCH3 is 2. The molecule has 2 aromatic carbocycles. The molecule has 0 spiro atoms. The van der Waals surface area contributed by atoms with Crippen molar-refractivity contribution in [2.75, 3.05) is 14.2 Å². The minimum Gasteiger partial charge on any atom is -0.497 e. The Balaban J connectivity index is 1.78. The van der Waals surface area contributed by atoms with Crippen molar-refractivity contribution in [2.45, 2.75) is 24.8 Å². The van der Waals surface area contributed by atoms with Crippen LogP contribution in [-0.2, 0) is 6.42 Å². The third kappa shape index (κ3) is 2.61. The maximum absolute atomic E-state index is 6.43. The van der Waals surface area contributed by atoms with Crippen LogP contribution >= 0.6 is 0 Å². The van der Waals surface area contributed by atoms with E-state index in [1.54, 1.807) is 14.2 Å². The van der Waals surface area contributed by atoms with E-state index in [0.29, 0.717) is 5.92 Å². The number of fused-ring (bicyclic) bond motifs is 1. The van der Waals surface area contributed by atoms with E-state index in [2.05, 4.69) is 24.3 Å². The molecule has 21 heavy (non-hydrogen) atoms. The van der Waals surface area contributed by atoms with Gasteiger partial charge in [-0.2, -0.15) is 0 Å². The van der Waals surface area contributed by atoms with Gasteiger partial charge in [-0.3, -0.25) is 0 Å². The quantitative estimate of drug-likeness (QED) is 0.914. The molecule has 0 aliphatic heterocycles. The Hall–Kier alpha value is -2.00. The van der Waals surface area contributed by atoms with E-state index in [9.17, 15) is 0 Å². The van der Waals surface area contributed by atoms with Gasteiger partial charge in [-0.25, -0.2) is 0 Å². The second kappa shape index (κ2) is 5.78. The van der Waals surface area contributed by atoms with E-state index in [4.69, 9.17) is 15.2 Å². The number of rotatable bonds is 5. The lowest BCUT2D eigenvalue weighted by Gasteiger charge is -2.32. The first-order valence-corrected chi connectivity index (χ1v) is 7.28. The molecular formula is C18H21NO2. The maximum Gasteiger partial charge on any atom is 0.123 e. The Morgan fingerprint density at radius 3 is 2.67 bits per heavy atom. The summed E-state index contributed by atoms with van der Waals surface area (Å²) >= 11 is 0. The van der Waals surface area contributed by atoms with Gasteiger partial charge in [-0.1, -0.05) is 24.3 Å². The summed E-state index contributed by atoms with van der Waals surface area (Å²) in [5, 5.41) is 0. The molecule has 0 saturated heterocycles. The third-order valence-electron chi connectivity index (χ3n) is 4.34. The standard InChI is InChI=1S/C18H21NO2/c1-20-14-7-8-18(21-2)16(11-14)17(19)10-13-9-12-5-3-4-6-15(12)13/h3-8,11,13,17H,9-10,19H2,1-2H3. The predicted octanol–water partition coefficient (Wildman–Crippen LogP) is 3.43. The summed E-state index contributed by atoms with van der Waals surface area (Å²) in [7, 11) is 3.34. The first-order valence-electron chi connectivity index (χ1n) is 7.28. The van der Waals surface area contributed by atoms with Crippen LogP contribution in [0.15, 0.2) is 42.5 Å². The smallest absolute Gasteiger partial charge is 0.123 e. The van der Waals surface area contributed by atoms with Gasteiger partial charge in [0.25, 0.3) is 0 Å². The van der Waals surface area contributed by atoms with E-state index < -0.39 is 0 Å². The fourth-order valence-electron chi connectivity index (χ4n) is 3.14. The topological polar surface area (TPSA) is 44.5 Å². The van der Waals surface area contributed by atoms with E-state index in [1.807, 2.05) is 18.2 Å². The summed E-state index contributed by atoms with van der Waals surface area (Å²) in [6, 6.07) is 14.4. The highest BCUT2D eigenvalue weighted by Crippen LogP contribution is 2.41. The van der Waals surface area contributed by atoms with E-state index >= 15 is 0 Å². The molecule has 1 aliphatic carbocycles. The molecule has 0 saturated carbocycles. The highest BCUT2D eigenvalue weighted by molar-refractivity contribution is 5.44. The second-order valence-corrected chi connectivity index (χ2v) is 5.55. The van der Waals surface area contributed by atoms with Gasteiger partial charge in [0.2, 0.25) is 0 Å². The van der Waals surface area contributed by atoms with Crippen LogP contribution in [0.5, 0.6) is 11.5 Å². The monoisotopic (exact) mass is 283 g/mol. The van der Waals surface area contributed by atoms with Gasteiger partial charge in [0.05, 0.1) is 14.2 Å². The Morgan fingerprint density at radius 1 is 1.14 bits per heavy atom. The van der Waals surface area contributed by atoms with Crippen LogP contribution in [0.4, 0.5) is 0 Å². The van der Waals surface area contributed by atoms with E-state index in [1.165, 1.54) is 11.1 Å². The SMILES string of the molecule is COc1ccc(OC)c(C(N)CC2Cc3ccccc32)c1. The minimum atomic E-state index is -0.0478. The van der Waals surface area contributed by atoms with Crippen LogP contribution in [0.1, 0.15) is 35.1 Å². The molecule has 0 amide bonds. The number of benzene rings is 2. The Kier molecular flexibility index (Phi) is 3.84. The summed E-state index contributed by atoms with van der Waals surface area (Å²) in [6.07, 6.45) is 2.05. The zero-order chi connectivity index (χ0) is 14.8. The van der Waals surface area contributed by atoms with Gasteiger partial charge >= 0.3 is 0 Å². The van der Waals surface area contributed by atoms with Gasteiger partial charge in [0.15, 0.2) is 0 Å².